The first-order valence-corrected chi connectivity index (χ1v) is 20.6. The summed E-state index contributed by atoms with van der Waals surface area (Å²) >= 11 is 0. The molecule has 2 bridgehead atoms. The van der Waals surface area contributed by atoms with Crippen molar-refractivity contribution in [1.82, 2.24) is 5.32 Å². The van der Waals surface area contributed by atoms with Crippen LogP contribution in [0.2, 0.25) is 0 Å². The van der Waals surface area contributed by atoms with Crippen LogP contribution >= 0.6 is 0 Å². The molecule has 1 amide bonds. The molecule has 1 aromatic rings. The number of cyclic esters (lactones) is 1. The molecule has 63 heavy (non-hydrogen) atoms. The number of carbonyl (C=O) groups is 7. The molecular weight excluding hydrogens is 830 g/mol. The van der Waals surface area contributed by atoms with Gasteiger partial charge in [-0.25, -0.2) is 19.2 Å². The van der Waals surface area contributed by atoms with Crippen molar-refractivity contribution in [2.45, 2.75) is 141 Å². The molecule has 0 radical (unpaired) electrons. The number of benzene rings is 1. The molecule has 5 aliphatic rings. The molecule has 2 saturated carbocycles. The summed E-state index contributed by atoms with van der Waals surface area (Å²) in [5.41, 5.74) is -13.2. The fourth-order valence-electron chi connectivity index (χ4n) is 10.2. The molecule has 4 fully saturated rings. The van der Waals surface area contributed by atoms with E-state index in [1.165, 1.54) is 74.4 Å². The number of aliphatic hydroxyl groups is 3. The standard InChI is InChI=1S/C44H57NO18/c1-21-26-27(58-22(2)47)31(49)42(10)24(48)17-25-43(20-57-25,63-37(54)56-11)29(42)32(60-33(50)23-15-13-12-14-16-23)44(55,40(26,7)8)18-41(21,9)61-34(51)28-30(39(5,6)35(52)59-28)45-36(53)62-38(3,4)19-46/h12-16,24-25,27-30,32,46,48,55H,17-20H2,1-11H3,(H,45,53)/t24?,25-,27-,28?,29?,30-,32?,41+,42-,43+,44-/m1/s1. The highest BCUT2D eigenvalue weighted by molar-refractivity contribution is 5.96. The number of ketones is 1. The van der Waals surface area contributed by atoms with Crippen LogP contribution in [-0.4, -0.2) is 137 Å². The number of rotatable bonds is 9. The Balaban J connectivity index is 1.57. The summed E-state index contributed by atoms with van der Waals surface area (Å²) in [6.07, 6.45) is -11.6. The number of hydrogen-bond donors (Lipinski definition) is 4. The van der Waals surface area contributed by atoms with E-state index in [2.05, 4.69) is 5.32 Å². The fourth-order valence-corrected chi connectivity index (χ4v) is 10.2. The third-order valence-electron chi connectivity index (χ3n) is 14.1. The van der Waals surface area contributed by atoms with Gasteiger partial charge in [-0.05, 0) is 71.7 Å². The van der Waals surface area contributed by atoms with Crippen molar-refractivity contribution in [3.8, 4) is 0 Å². The van der Waals surface area contributed by atoms with Gasteiger partial charge in [0.05, 0.1) is 54.8 Å². The van der Waals surface area contributed by atoms with Crippen molar-refractivity contribution in [1.29, 1.82) is 0 Å². The fraction of sp³-hybridized carbons (Fsp3) is 0.659. The second-order valence-corrected chi connectivity index (χ2v) is 19.3. The van der Waals surface area contributed by atoms with E-state index in [4.69, 9.17) is 37.9 Å². The SMILES string of the molecule is COC(=O)O[C@@]12CO[C@@H]1CC(O)[C@@]1(C)C(=O)[C@H](OC(C)=O)C3=C(C)[C@@](C)(OC(=O)C4OC(=O)C(C)(C)[C@@H]4NC(=O)OC(C)(C)CO)C[C@@](O)(C(OC(=O)c4ccccc4)C12)C3(C)C. The lowest BCUT2D eigenvalue weighted by Gasteiger charge is -2.67. The summed E-state index contributed by atoms with van der Waals surface area (Å²) in [5.74, 6) is -6.63. The number of ether oxygens (including phenoxy) is 8. The summed E-state index contributed by atoms with van der Waals surface area (Å²) in [5, 5.41) is 38.1. The summed E-state index contributed by atoms with van der Waals surface area (Å²) < 4.78 is 46.1. The number of esters is 4. The Hall–Kier alpha value is -5.11. The molecule has 0 spiro atoms. The number of alkyl carbamates (subject to hydrolysis) is 1. The molecule has 2 saturated heterocycles. The van der Waals surface area contributed by atoms with Gasteiger partial charge in [-0.15, -0.1) is 0 Å². The topological polar surface area (TPSA) is 266 Å². The number of carbonyl (C=O) groups excluding carboxylic acids is 7. The average molecular weight is 888 g/mol. The summed E-state index contributed by atoms with van der Waals surface area (Å²) in [6.45, 7) is 13.1. The largest absolute Gasteiger partial charge is 0.508 e. The van der Waals surface area contributed by atoms with Crippen molar-refractivity contribution >= 4 is 41.9 Å². The van der Waals surface area contributed by atoms with E-state index >= 15 is 4.79 Å². The molecule has 1 aromatic carbocycles. The second-order valence-electron chi connectivity index (χ2n) is 19.3. The Labute approximate surface area is 364 Å². The van der Waals surface area contributed by atoms with Gasteiger partial charge in [-0.3, -0.25) is 14.4 Å². The number of amides is 1. The molecule has 2 heterocycles. The van der Waals surface area contributed by atoms with Crippen LogP contribution in [-0.2, 0) is 57.1 Å². The lowest BCUT2D eigenvalue weighted by molar-refractivity contribution is -0.345. The zero-order valence-electron chi connectivity index (χ0n) is 37.2. The molecule has 346 valence electrons. The van der Waals surface area contributed by atoms with Crippen LogP contribution in [0.3, 0.4) is 0 Å². The Morgan fingerprint density at radius 2 is 1.60 bits per heavy atom. The Morgan fingerprint density at radius 3 is 2.16 bits per heavy atom. The predicted octanol–water partition coefficient (Wildman–Crippen LogP) is 2.63. The van der Waals surface area contributed by atoms with E-state index in [0.29, 0.717) is 0 Å². The van der Waals surface area contributed by atoms with E-state index in [1.807, 2.05) is 0 Å². The molecule has 19 heteroatoms. The summed E-state index contributed by atoms with van der Waals surface area (Å²) in [4.78, 5) is 97.1. The zero-order chi connectivity index (χ0) is 47.0. The van der Waals surface area contributed by atoms with E-state index in [0.717, 1.165) is 14.0 Å². The lowest BCUT2D eigenvalue weighted by Crippen LogP contribution is -2.82. The van der Waals surface area contributed by atoms with Crippen LogP contribution < -0.4 is 5.32 Å². The highest BCUT2D eigenvalue weighted by atomic mass is 16.8. The third kappa shape index (κ3) is 7.43. The van der Waals surface area contributed by atoms with Crippen molar-refractivity contribution < 1.29 is 86.8 Å². The van der Waals surface area contributed by atoms with E-state index in [9.17, 15) is 44.1 Å². The van der Waals surface area contributed by atoms with E-state index in [-0.39, 0.29) is 23.1 Å². The molecule has 4 N–H and O–H groups in total. The van der Waals surface area contributed by atoms with Crippen molar-refractivity contribution in [3.63, 3.8) is 0 Å². The lowest BCUT2D eigenvalue weighted by atomic mass is 9.44. The maximum Gasteiger partial charge on any atom is 0.508 e. The van der Waals surface area contributed by atoms with Gasteiger partial charge >= 0.3 is 36.1 Å². The first kappa shape index (κ1) is 47.4. The number of aliphatic hydroxyl groups excluding tert-OH is 2. The number of hydrogen-bond acceptors (Lipinski definition) is 18. The van der Waals surface area contributed by atoms with Crippen LogP contribution in [0.4, 0.5) is 9.59 Å². The molecule has 0 aromatic heterocycles. The monoisotopic (exact) mass is 887 g/mol. The van der Waals surface area contributed by atoms with Gasteiger partial charge in [0.1, 0.15) is 29.0 Å². The van der Waals surface area contributed by atoms with Gasteiger partial charge in [0.25, 0.3) is 0 Å². The minimum absolute atomic E-state index is 0.0227. The minimum atomic E-state index is -2.50. The average Bonchev–Trinajstić information content (AvgIpc) is 3.42. The molecule has 19 nitrogen and oxygen atoms in total. The minimum Gasteiger partial charge on any atom is -0.455 e. The van der Waals surface area contributed by atoms with E-state index in [1.54, 1.807) is 18.2 Å². The van der Waals surface area contributed by atoms with Gasteiger partial charge in [0, 0.05) is 25.2 Å². The molecule has 2 aliphatic heterocycles. The second kappa shape index (κ2) is 15.8. The van der Waals surface area contributed by atoms with Crippen molar-refractivity contribution in [2.24, 2.45) is 22.2 Å². The number of nitrogens with one attached hydrogen (secondary N) is 1. The summed E-state index contributed by atoms with van der Waals surface area (Å²) in [6, 6.07) is 6.29. The van der Waals surface area contributed by atoms with Crippen LogP contribution in [0.25, 0.3) is 0 Å². The van der Waals surface area contributed by atoms with Gasteiger partial charge in [-0.1, -0.05) is 32.0 Å². The van der Waals surface area contributed by atoms with Crippen LogP contribution in [0.1, 0.15) is 92.4 Å². The maximum absolute atomic E-state index is 15.6. The van der Waals surface area contributed by atoms with Crippen LogP contribution in [0, 0.1) is 22.2 Å². The number of Topliss-reactive ketones (excluding diaryl/α,β-unsaturated/α-hetero) is 1. The van der Waals surface area contributed by atoms with Crippen LogP contribution in [0.5, 0.6) is 0 Å². The number of fused-ring (bicyclic) bond motifs is 5. The van der Waals surface area contributed by atoms with Crippen LogP contribution in [0.15, 0.2) is 41.5 Å². The highest BCUT2D eigenvalue weighted by Crippen LogP contribution is 2.65. The number of methoxy groups -OCH3 is 1. The van der Waals surface area contributed by atoms with Crippen molar-refractivity contribution in [2.75, 3.05) is 20.3 Å². The molecule has 3 aliphatic carbocycles. The first-order chi connectivity index (χ1) is 29.1. The van der Waals surface area contributed by atoms with Crippen molar-refractivity contribution in [3.05, 3.63) is 47.0 Å². The highest BCUT2D eigenvalue weighted by Gasteiger charge is 2.79. The Kier molecular flexibility index (Phi) is 11.9. The normalized spacial score (nSPS) is 36.4. The first-order valence-electron chi connectivity index (χ1n) is 20.6. The van der Waals surface area contributed by atoms with Gasteiger partial charge < -0.3 is 58.5 Å². The summed E-state index contributed by atoms with van der Waals surface area (Å²) in [7, 11) is 1.05. The molecule has 4 unspecified atom stereocenters. The third-order valence-corrected chi connectivity index (χ3v) is 14.1. The Morgan fingerprint density at radius 1 is 0.968 bits per heavy atom. The quantitative estimate of drug-likeness (QED) is 0.158. The molecule has 11 atom stereocenters. The smallest absolute Gasteiger partial charge is 0.455 e. The van der Waals surface area contributed by atoms with Gasteiger partial charge in [-0.2, -0.15) is 0 Å². The van der Waals surface area contributed by atoms with Gasteiger partial charge in [0.2, 0.25) is 6.10 Å². The molecular formula is C44H57NO18. The zero-order valence-corrected chi connectivity index (χ0v) is 37.2. The van der Waals surface area contributed by atoms with Gasteiger partial charge in [0.15, 0.2) is 17.5 Å². The Bertz CT molecular complexity index is 2110. The molecule has 6 rings (SSSR count). The maximum atomic E-state index is 15.6. The predicted molar refractivity (Wildman–Crippen MR) is 213 cm³/mol. The van der Waals surface area contributed by atoms with E-state index < -0.39 is 143 Å².